The lowest BCUT2D eigenvalue weighted by atomic mass is 10.2. The Kier molecular flexibility index (Phi) is 5.71. The first-order valence-electron chi connectivity index (χ1n) is 6.44. The third-order valence-corrected chi connectivity index (χ3v) is 3.44. The highest BCUT2D eigenvalue weighted by atomic mass is 35.5. The van der Waals surface area contributed by atoms with Crippen LogP contribution in [0.2, 0.25) is 0 Å². The molecule has 20 heavy (non-hydrogen) atoms. The van der Waals surface area contributed by atoms with Crippen LogP contribution in [0.25, 0.3) is 0 Å². The fourth-order valence-electron chi connectivity index (χ4n) is 2.04. The van der Waals surface area contributed by atoms with Crippen molar-refractivity contribution in [1.82, 2.24) is 24.9 Å². The Labute approximate surface area is 124 Å². The molecule has 0 aliphatic heterocycles. The number of nitrogens with one attached hydrogen (secondary N) is 1. The van der Waals surface area contributed by atoms with Gasteiger partial charge in [-0.2, -0.15) is 14.6 Å². The van der Waals surface area contributed by atoms with Gasteiger partial charge in [-0.15, -0.1) is 12.4 Å². The molecule has 0 unspecified atom stereocenters. The number of halogens is 2. The van der Waals surface area contributed by atoms with Crippen LogP contribution >= 0.6 is 12.4 Å². The monoisotopic (exact) mass is 301 g/mol. The van der Waals surface area contributed by atoms with Gasteiger partial charge in [-0.1, -0.05) is 0 Å². The molecule has 2 aromatic rings. The predicted octanol–water partition coefficient (Wildman–Crippen LogP) is 2.10. The zero-order valence-corrected chi connectivity index (χ0v) is 13.1. The summed E-state index contributed by atoms with van der Waals surface area (Å²) in [5.41, 5.74) is 3.63. The molecule has 1 N–H and O–H groups in total. The summed E-state index contributed by atoms with van der Waals surface area (Å²) in [6.07, 6.45) is 1.83. The van der Waals surface area contributed by atoms with Crippen LogP contribution in [-0.2, 0) is 26.7 Å². The molecule has 5 nitrogen and oxygen atoms in total. The molecule has 0 amide bonds. The van der Waals surface area contributed by atoms with Gasteiger partial charge in [0.25, 0.3) is 0 Å². The second kappa shape index (κ2) is 6.85. The van der Waals surface area contributed by atoms with E-state index in [0.29, 0.717) is 25.2 Å². The summed E-state index contributed by atoms with van der Waals surface area (Å²) >= 11 is 0. The van der Waals surface area contributed by atoms with Crippen LogP contribution in [-0.4, -0.2) is 19.6 Å². The molecule has 0 aromatic carbocycles. The van der Waals surface area contributed by atoms with Gasteiger partial charge in [-0.05, 0) is 20.8 Å². The van der Waals surface area contributed by atoms with Gasteiger partial charge >= 0.3 is 0 Å². The predicted molar refractivity (Wildman–Crippen MR) is 78.3 cm³/mol. The first kappa shape index (κ1) is 16.7. The molecule has 0 radical (unpaired) electrons. The highest BCUT2D eigenvalue weighted by molar-refractivity contribution is 5.85. The summed E-state index contributed by atoms with van der Waals surface area (Å²) in [6.45, 7) is 7.44. The smallest absolute Gasteiger partial charge is 0.216 e. The van der Waals surface area contributed by atoms with Gasteiger partial charge in [-0.3, -0.25) is 4.68 Å². The second-order valence-electron chi connectivity index (χ2n) is 4.65. The number of nitrogens with zero attached hydrogens (tertiary/aromatic N) is 4. The number of hydrogen-bond donors (Lipinski definition) is 1. The van der Waals surface area contributed by atoms with Crippen LogP contribution in [0, 0.1) is 19.8 Å². The Morgan fingerprint density at radius 1 is 1.30 bits per heavy atom. The summed E-state index contributed by atoms with van der Waals surface area (Å²) in [7, 11) is 1.91. The summed E-state index contributed by atoms with van der Waals surface area (Å²) < 4.78 is 17.2. The van der Waals surface area contributed by atoms with E-state index in [1.807, 2.05) is 38.7 Å². The van der Waals surface area contributed by atoms with E-state index in [2.05, 4.69) is 15.5 Å². The average Bonchev–Trinajstić information content (AvgIpc) is 2.85. The van der Waals surface area contributed by atoms with E-state index in [1.165, 1.54) is 4.68 Å². The molecule has 0 bridgehead atoms. The minimum atomic E-state index is -0.240. The van der Waals surface area contributed by atoms with E-state index in [0.717, 1.165) is 17.0 Å². The number of hydrogen-bond acceptors (Lipinski definition) is 3. The molecule has 2 heterocycles. The van der Waals surface area contributed by atoms with Crippen molar-refractivity contribution in [3.8, 4) is 0 Å². The molecule has 0 spiro atoms. The third kappa shape index (κ3) is 3.19. The molecular formula is C13H21ClFN5. The van der Waals surface area contributed by atoms with Crippen molar-refractivity contribution in [2.45, 2.75) is 40.4 Å². The van der Waals surface area contributed by atoms with E-state index in [4.69, 9.17) is 0 Å². The quantitative estimate of drug-likeness (QED) is 0.920. The fraction of sp³-hybridized carbons (Fsp3) is 0.538. The summed E-state index contributed by atoms with van der Waals surface area (Å²) in [6, 6.07) is 0. The van der Waals surface area contributed by atoms with Gasteiger partial charge in [-0.25, -0.2) is 4.68 Å². The second-order valence-corrected chi connectivity index (χ2v) is 4.65. The molecule has 0 aliphatic carbocycles. The maximum absolute atomic E-state index is 13.9. The van der Waals surface area contributed by atoms with Gasteiger partial charge in [0.15, 0.2) is 0 Å². The Bertz CT molecular complexity index is 576. The van der Waals surface area contributed by atoms with Gasteiger partial charge in [0.05, 0.1) is 11.9 Å². The molecule has 0 aliphatic rings. The molecule has 0 saturated heterocycles. The third-order valence-electron chi connectivity index (χ3n) is 3.44. The summed E-state index contributed by atoms with van der Waals surface area (Å²) in [4.78, 5) is 0. The van der Waals surface area contributed by atoms with Crippen molar-refractivity contribution in [1.29, 1.82) is 0 Å². The SMILES string of the molecule is CCn1nc(C)c(CNCc2cnn(C)c2C)c1F.Cl. The van der Waals surface area contributed by atoms with Crippen molar-refractivity contribution in [2.75, 3.05) is 0 Å². The van der Waals surface area contributed by atoms with E-state index < -0.39 is 0 Å². The molecule has 7 heteroatoms. The Balaban J connectivity index is 0.00000200. The van der Waals surface area contributed by atoms with E-state index >= 15 is 0 Å². The summed E-state index contributed by atoms with van der Waals surface area (Å²) in [5.74, 6) is -0.240. The van der Waals surface area contributed by atoms with Crippen LogP contribution < -0.4 is 5.32 Å². The number of aromatic nitrogens is 4. The van der Waals surface area contributed by atoms with E-state index in [9.17, 15) is 4.39 Å². The van der Waals surface area contributed by atoms with Crippen LogP contribution in [0.4, 0.5) is 4.39 Å². The van der Waals surface area contributed by atoms with Gasteiger partial charge < -0.3 is 5.32 Å². The van der Waals surface area contributed by atoms with Crippen molar-refractivity contribution >= 4 is 12.4 Å². The van der Waals surface area contributed by atoms with Crippen molar-refractivity contribution in [2.24, 2.45) is 7.05 Å². The topological polar surface area (TPSA) is 47.7 Å². The summed E-state index contributed by atoms with van der Waals surface area (Å²) in [5, 5.41) is 11.6. The van der Waals surface area contributed by atoms with Gasteiger partial charge in [0, 0.05) is 43.5 Å². The van der Waals surface area contributed by atoms with E-state index in [1.54, 1.807) is 0 Å². The maximum Gasteiger partial charge on any atom is 0.216 e. The lowest BCUT2D eigenvalue weighted by Crippen LogP contribution is -2.14. The van der Waals surface area contributed by atoms with Crippen molar-refractivity contribution < 1.29 is 4.39 Å². The van der Waals surface area contributed by atoms with Crippen LogP contribution in [0.5, 0.6) is 0 Å². The minimum Gasteiger partial charge on any atom is -0.308 e. The number of aryl methyl sites for hydroxylation is 3. The average molecular weight is 302 g/mol. The van der Waals surface area contributed by atoms with Gasteiger partial charge in [0.2, 0.25) is 5.95 Å². The lowest BCUT2D eigenvalue weighted by molar-refractivity contribution is 0.460. The molecular weight excluding hydrogens is 281 g/mol. The Morgan fingerprint density at radius 2 is 2.00 bits per heavy atom. The first-order valence-corrected chi connectivity index (χ1v) is 6.44. The van der Waals surface area contributed by atoms with E-state index in [-0.39, 0.29) is 18.4 Å². The Morgan fingerprint density at radius 3 is 2.50 bits per heavy atom. The highest BCUT2D eigenvalue weighted by Crippen LogP contribution is 2.12. The highest BCUT2D eigenvalue weighted by Gasteiger charge is 2.13. The van der Waals surface area contributed by atoms with Crippen LogP contribution in [0.3, 0.4) is 0 Å². The number of rotatable bonds is 5. The zero-order chi connectivity index (χ0) is 14.0. The first-order chi connectivity index (χ1) is 9.04. The van der Waals surface area contributed by atoms with Crippen molar-refractivity contribution in [3.05, 3.63) is 34.7 Å². The van der Waals surface area contributed by atoms with Crippen LogP contribution in [0.15, 0.2) is 6.20 Å². The lowest BCUT2D eigenvalue weighted by Gasteiger charge is -2.04. The maximum atomic E-state index is 13.9. The zero-order valence-electron chi connectivity index (χ0n) is 12.3. The largest absolute Gasteiger partial charge is 0.308 e. The van der Waals surface area contributed by atoms with Crippen molar-refractivity contribution in [3.63, 3.8) is 0 Å². The molecule has 0 atom stereocenters. The molecule has 2 aromatic heterocycles. The fourth-order valence-corrected chi connectivity index (χ4v) is 2.04. The minimum absolute atomic E-state index is 0. The van der Waals surface area contributed by atoms with Crippen LogP contribution in [0.1, 0.15) is 29.4 Å². The Hall–Kier alpha value is -1.40. The molecule has 2 rings (SSSR count). The van der Waals surface area contributed by atoms with Gasteiger partial charge in [0.1, 0.15) is 0 Å². The normalized spacial score (nSPS) is 10.7. The molecule has 0 saturated carbocycles. The molecule has 0 fully saturated rings. The standard InChI is InChI=1S/C13H20FN5.ClH/c1-5-19-13(14)12(9(2)17-19)8-15-6-11-7-16-18(4)10(11)3;/h7,15H,5-6,8H2,1-4H3;1H. The molecule has 112 valence electrons.